The highest BCUT2D eigenvalue weighted by Gasteiger charge is 1.79. The summed E-state index contributed by atoms with van der Waals surface area (Å²) in [6.07, 6.45) is 7.07. The van der Waals surface area contributed by atoms with Crippen LogP contribution in [-0.4, -0.2) is 0 Å². The van der Waals surface area contributed by atoms with Crippen LogP contribution in [0.3, 0.4) is 0 Å². The molecule has 0 amide bonds. The van der Waals surface area contributed by atoms with Crippen LogP contribution >= 0.6 is 0 Å². The number of rotatable bonds is 2. The topological polar surface area (TPSA) is 0 Å². The van der Waals surface area contributed by atoms with Gasteiger partial charge >= 0.3 is 0 Å². The normalized spacial score (nSPS) is 13.1. The smallest absolute Gasteiger partial charge is 0.0282 e. The minimum atomic E-state index is 0.890. The van der Waals surface area contributed by atoms with E-state index in [0.717, 1.165) is 6.42 Å². The van der Waals surface area contributed by atoms with Crippen molar-refractivity contribution < 1.29 is 0 Å². The average molecular weight is 109 g/mol. The summed E-state index contributed by atoms with van der Waals surface area (Å²) < 4.78 is 0. The Balaban J connectivity index is 3.72. The molecule has 8 heavy (non-hydrogen) atoms. The van der Waals surface area contributed by atoms with Crippen LogP contribution in [0.15, 0.2) is 23.8 Å². The van der Waals surface area contributed by atoms with Crippen molar-refractivity contribution in [2.45, 2.75) is 20.3 Å². The Morgan fingerprint density at radius 2 is 2.12 bits per heavy atom. The quantitative estimate of drug-likeness (QED) is 0.478. The molecular formula is C8H13. The molecule has 45 valence electrons. The third kappa shape index (κ3) is 2.62. The molecule has 0 spiro atoms. The lowest BCUT2D eigenvalue weighted by Gasteiger charge is -1.89. The standard InChI is InChI=1S/C8H13/c1-4-7-8(5-2)6-3/h4,6-7H,2,5H2,1,3H3. The first-order chi connectivity index (χ1) is 3.85. The molecule has 0 saturated heterocycles. The molecule has 0 aliphatic carbocycles. The second-order valence-corrected chi connectivity index (χ2v) is 1.61. The molecule has 0 aromatic rings. The Labute approximate surface area is 51.9 Å². The Morgan fingerprint density at radius 1 is 1.50 bits per heavy atom. The van der Waals surface area contributed by atoms with Gasteiger partial charge in [-0.25, -0.2) is 0 Å². The summed E-state index contributed by atoms with van der Waals surface area (Å²) in [5.74, 6) is 0. The minimum absolute atomic E-state index is 0.890. The van der Waals surface area contributed by atoms with E-state index in [0.29, 0.717) is 0 Å². The molecule has 0 aliphatic rings. The average Bonchev–Trinajstić information content (AvgIpc) is 1.83. The molecule has 0 atom stereocenters. The van der Waals surface area contributed by atoms with Gasteiger partial charge in [0.1, 0.15) is 0 Å². The predicted molar refractivity (Wildman–Crippen MR) is 38.5 cm³/mol. The molecule has 0 unspecified atom stereocenters. The molecule has 0 nitrogen and oxygen atoms in total. The van der Waals surface area contributed by atoms with Crippen molar-refractivity contribution in [3.63, 3.8) is 0 Å². The van der Waals surface area contributed by atoms with E-state index >= 15 is 0 Å². The van der Waals surface area contributed by atoms with Gasteiger partial charge < -0.3 is 0 Å². The van der Waals surface area contributed by atoms with Crippen molar-refractivity contribution in [1.29, 1.82) is 0 Å². The van der Waals surface area contributed by atoms with E-state index in [1.807, 2.05) is 19.9 Å². The molecule has 0 aromatic carbocycles. The van der Waals surface area contributed by atoms with E-state index in [1.54, 1.807) is 0 Å². The fourth-order valence-corrected chi connectivity index (χ4v) is 0.538. The fourth-order valence-electron chi connectivity index (χ4n) is 0.538. The second kappa shape index (κ2) is 4.63. The van der Waals surface area contributed by atoms with Crippen molar-refractivity contribution in [2.75, 3.05) is 0 Å². The number of allylic oxidation sites excluding steroid dienone is 4. The lowest BCUT2D eigenvalue weighted by Crippen LogP contribution is -1.69. The summed E-state index contributed by atoms with van der Waals surface area (Å²) in [5.41, 5.74) is 1.30. The van der Waals surface area contributed by atoms with E-state index in [2.05, 4.69) is 19.1 Å². The van der Waals surface area contributed by atoms with Gasteiger partial charge in [-0.2, -0.15) is 0 Å². The van der Waals surface area contributed by atoms with E-state index in [9.17, 15) is 0 Å². The number of hydrogen-bond donors (Lipinski definition) is 0. The highest BCUT2D eigenvalue weighted by atomic mass is 13.9. The molecule has 0 aromatic heterocycles. The SMILES string of the molecule is [CH2]CC(C=CC)=CC. The molecular weight excluding hydrogens is 96.1 g/mol. The summed E-state index contributed by atoms with van der Waals surface area (Å²) in [6.45, 7) is 7.80. The van der Waals surface area contributed by atoms with Crippen LogP contribution < -0.4 is 0 Å². The molecule has 0 heteroatoms. The summed E-state index contributed by atoms with van der Waals surface area (Å²) in [5, 5.41) is 0. The molecule has 1 radical (unpaired) electrons. The first kappa shape index (κ1) is 7.48. The Bertz CT molecular complexity index is 93.9. The van der Waals surface area contributed by atoms with E-state index in [4.69, 9.17) is 0 Å². The van der Waals surface area contributed by atoms with Gasteiger partial charge in [0.2, 0.25) is 0 Å². The van der Waals surface area contributed by atoms with Gasteiger partial charge in [-0.15, -0.1) is 0 Å². The van der Waals surface area contributed by atoms with Crippen LogP contribution in [0, 0.1) is 6.92 Å². The summed E-state index contributed by atoms with van der Waals surface area (Å²) in [7, 11) is 0. The van der Waals surface area contributed by atoms with E-state index in [1.165, 1.54) is 5.57 Å². The van der Waals surface area contributed by atoms with Gasteiger partial charge in [0.15, 0.2) is 0 Å². The summed E-state index contributed by atoms with van der Waals surface area (Å²) in [6, 6.07) is 0. The van der Waals surface area contributed by atoms with Crippen molar-refractivity contribution in [2.24, 2.45) is 0 Å². The zero-order valence-corrected chi connectivity index (χ0v) is 5.65. The van der Waals surface area contributed by atoms with Crippen molar-refractivity contribution >= 4 is 0 Å². The third-order valence-corrected chi connectivity index (χ3v) is 1.04. The first-order valence-electron chi connectivity index (χ1n) is 2.92. The van der Waals surface area contributed by atoms with Crippen LogP contribution in [0.25, 0.3) is 0 Å². The van der Waals surface area contributed by atoms with Crippen LogP contribution in [0.2, 0.25) is 0 Å². The second-order valence-electron chi connectivity index (χ2n) is 1.61. The minimum Gasteiger partial charge on any atom is -0.0874 e. The molecule has 0 fully saturated rings. The Hall–Kier alpha value is -0.520. The first-order valence-corrected chi connectivity index (χ1v) is 2.92. The fraction of sp³-hybridized carbons (Fsp3) is 0.375. The van der Waals surface area contributed by atoms with Gasteiger partial charge in [-0.3, -0.25) is 0 Å². The number of hydrogen-bond acceptors (Lipinski definition) is 0. The maximum Gasteiger partial charge on any atom is -0.0282 e. The van der Waals surface area contributed by atoms with Gasteiger partial charge in [-0.05, 0) is 27.2 Å². The maximum atomic E-state index is 3.76. The predicted octanol–water partition coefficient (Wildman–Crippen LogP) is 2.73. The lowest BCUT2D eigenvalue weighted by atomic mass is 10.2. The molecule has 0 rings (SSSR count). The zero-order chi connectivity index (χ0) is 6.41. The summed E-state index contributed by atoms with van der Waals surface area (Å²) in [4.78, 5) is 0. The zero-order valence-electron chi connectivity index (χ0n) is 5.65. The van der Waals surface area contributed by atoms with E-state index < -0.39 is 0 Å². The molecule has 0 bridgehead atoms. The van der Waals surface area contributed by atoms with Gasteiger partial charge in [-0.1, -0.05) is 23.8 Å². The Morgan fingerprint density at radius 3 is 2.25 bits per heavy atom. The van der Waals surface area contributed by atoms with Gasteiger partial charge in [0, 0.05) is 0 Å². The third-order valence-electron chi connectivity index (χ3n) is 1.04. The van der Waals surface area contributed by atoms with Crippen molar-refractivity contribution in [3.05, 3.63) is 30.7 Å². The van der Waals surface area contributed by atoms with E-state index in [-0.39, 0.29) is 0 Å². The van der Waals surface area contributed by atoms with Crippen LogP contribution in [0.5, 0.6) is 0 Å². The monoisotopic (exact) mass is 109 g/mol. The maximum absolute atomic E-state index is 3.76. The Kier molecular flexibility index (Phi) is 4.33. The molecule has 0 saturated carbocycles. The lowest BCUT2D eigenvalue weighted by molar-refractivity contribution is 1.27. The highest BCUT2D eigenvalue weighted by Crippen LogP contribution is 1.99. The van der Waals surface area contributed by atoms with Gasteiger partial charge in [0.05, 0.1) is 0 Å². The molecule has 0 heterocycles. The largest absolute Gasteiger partial charge is 0.0874 e. The summed E-state index contributed by atoms with van der Waals surface area (Å²) >= 11 is 0. The van der Waals surface area contributed by atoms with Gasteiger partial charge in [0.25, 0.3) is 0 Å². The highest BCUT2D eigenvalue weighted by molar-refractivity contribution is 5.17. The van der Waals surface area contributed by atoms with Crippen LogP contribution in [-0.2, 0) is 0 Å². The molecule has 0 N–H and O–H groups in total. The van der Waals surface area contributed by atoms with Crippen LogP contribution in [0.4, 0.5) is 0 Å². The van der Waals surface area contributed by atoms with Crippen molar-refractivity contribution in [1.82, 2.24) is 0 Å². The van der Waals surface area contributed by atoms with Crippen molar-refractivity contribution in [3.8, 4) is 0 Å². The van der Waals surface area contributed by atoms with Crippen LogP contribution in [0.1, 0.15) is 20.3 Å². The molecule has 0 aliphatic heterocycles.